The lowest BCUT2D eigenvalue weighted by Crippen LogP contribution is -2.24. The molecule has 2 atom stereocenters. The molecule has 1 aliphatic rings. The van der Waals surface area contributed by atoms with Crippen molar-refractivity contribution in [1.29, 1.82) is 0 Å². The summed E-state index contributed by atoms with van der Waals surface area (Å²) in [6.07, 6.45) is 10.8. The zero-order valence-corrected chi connectivity index (χ0v) is 11.9. The van der Waals surface area contributed by atoms with Crippen molar-refractivity contribution in [3.63, 3.8) is 0 Å². The van der Waals surface area contributed by atoms with Gasteiger partial charge in [-0.25, -0.2) is 4.98 Å². The largest absolute Gasteiger partial charge is 0.333 e. The number of nitrogens with one attached hydrogen (secondary N) is 1. The molecule has 3 nitrogen and oxygen atoms in total. The van der Waals surface area contributed by atoms with Gasteiger partial charge in [0.05, 0.1) is 12.0 Å². The van der Waals surface area contributed by atoms with Gasteiger partial charge in [0.1, 0.15) is 0 Å². The van der Waals surface area contributed by atoms with Gasteiger partial charge in [-0.15, -0.1) is 0 Å². The third kappa shape index (κ3) is 3.58. The van der Waals surface area contributed by atoms with Crippen LogP contribution in [0.1, 0.15) is 51.6 Å². The Kier molecular flexibility index (Phi) is 5.24. The van der Waals surface area contributed by atoms with Crippen LogP contribution in [0.4, 0.5) is 0 Å². The van der Waals surface area contributed by atoms with E-state index in [9.17, 15) is 0 Å². The average molecular weight is 249 g/mol. The van der Waals surface area contributed by atoms with Crippen LogP contribution in [0, 0.1) is 11.8 Å². The molecule has 18 heavy (non-hydrogen) atoms. The minimum Gasteiger partial charge on any atom is -0.333 e. The Labute approximate surface area is 111 Å². The predicted octanol–water partition coefficient (Wildman–Crippen LogP) is 3.21. The first-order chi connectivity index (χ1) is 8.81. The molecule has 1 aromatic heterocycles. The van der Waals surface area contributed by atoms with E-state index in [1.807, 2.05) is 12.5 Å². The Bertz CT molecular complexity index is 345. The smallest absolute Gasteiger partial charge is 0.0948 e. The number of hydrogen-bond acceptors (Lipinski definition) is 2. The second-order valence-electron chi connectivity index (χ2n) is 5.74. The number of imidazole rings is 1. The Hall–Kier alpha value is -0.830. The van der Waals surface area contributed by atoms with E-state index in [2.05, 4.69) is 28.7 Å². The van der Waals surface area contributed by atoms with E-state index >= 15 is 0 Å². The molecular weight excluding hydrogens is 222 g/mol. The first-order valence-corrected chi connectivity index (χ1v) is 7.51. The van der Waals surface area contributed by atoms with Crippen molar-refractivity contribution in [1.82, 2.24) is 14.9 Å². The molecule has 1 N–H and O–H groups in total. The lowest BCUT2D eigenvalue weighted by Gasteiger charge is -2.29. The molecule has 0 saturated heterocycles. The summed E-state index contributed by atoms with van der Waals surface area (Å²) in [6.45, 7) is 7.81. The lowest BCUT2D eigenvalue weighted by atomic mass is 9.80. The Morgan fingerprint density at radius 1 is 1.39 bits per heavy atom. The van der Waals surface area contributed by atoms with Crippen LogP contribution < -0.4 is 5.32 Å². The van der Waals surface area contributed by atoms with Crippen LogP contribution in [0.5, 0.6) is 0 Å². The van der Waals surface area contributed by atoms with Crippen molar-refractivity contribution in [2.75, 3.05) is 6.54 Å². The van der Waals surface area contributed by atoms with Crippen molar-refractivity contribution >= 4 is 0 Å². The number of rotatable bonds is 6. The molecular formula is C15H27N3. The summed E-state index contributed by atoms with van der Waals surface area (Å²) in [6, 6.07) is 0. The molecule has 1 aliphatic carbocycles. The van der Waals surface area contributed by atoms with Gasteiger partial charge in [-0.1, -0.05) is 33.1 Å². The Balaban J connectivity index is 1.90. The number of hydrogen-bond donors (Lipinski definition) is 1. The van der Waals surface area contributed by atoms with Gasteiger partial charge in [0.15, 0.2) is 0 Å². The van der Waals surface area contributed by atoms with Gasteiger partial charge in [-0.3, -0.25) is 0 Å². The molecule has 0 radical (unpaired) electrons. The maximum Gasteiger partial charge on any atom is 0.0948 e. The van der Waals surface area contributed by atoms with Gasteiger partial charge in [0.25, 0.3) is 0 Å². The third-order valence-corrected chi connectivity index (χ3v) is 4.25. The second kappa shape index (κ2) is 6.93. The summed E-state index contributed by atoms with van der Waals surface area (Å²) >= 11 is 0. The molecule has 1 saturated carbocycles. The molecule has 2 rings (SSSR count). The van der Waals surface area contributed by atoms with Crippen LogP contribution in [0.25, 0.3) is 0 Å². The summed E-state index contributed by atoms with van der Waals surface area (Å²) in [5.41, 5.74) is 1.33. The fourth-order valence-corrected chi connectivity index (χ4v) is 2.97. The summed E-state index contributed by atoms with van der Waals surface area (Å²) < 4.78 is 2.36. The zero-order chi connectivity index (χ0) is 12.8. The highest BCUT2D eigenvalue weighted by molar-refractivity contribution is 4.98. The van der Waals surface area contributed by atoms with Gasteiger partial charge < -0.3 is 9.88 Å². The maximum absolute atomic E-state index is 4.31. The highest BCUT2D eigenvalue weighted by Gasteiger charge is 2.22. The molecule has 0 spiro atoms. The van der Waals surface area contributed by atoms with Gasteiger partial charge in [0.2, 0.25) is 0 Å². The SMILES string of the molecule is CCCNCc1cncn1CC1CCCCC1C. The summed E-state index contributed by atoms with van der Waals surface area (Å²) in [7, 11) is 0. The summed E-state index contributed by atoms with van der Waals surface area (Å²) in [4.78, 5) is 4.31. The molecule has 0 aromatic carbocycles. The number of nitrogens with zero attached hydrogens (tertiary/aromatic N) is 2. The van der Waals surface area contributed by atoms with Crippen molar-refractivity contribution in [3.05, 3.63) is 18.2 Å². The van der Waals surface area contributed by atoms with E-state index in [1.54, 1.807) is 0 Å². The molecule has 3 heteroatoms. The third-order valence-electron chi connectivity index (χ3n) is 4.25. The van der Waals surface area contributed by atoms with Gasteiger partial charge in [-0.2, -0.15) is 0 Å². The minimum absolute atomic E-state index is 0.845. The Morgan fingerprint density at radius 3 is 3.00 bits per heavy atom. The average Bonchev–Trinajstić information content (AvgIpc) is 2.80. The van der Waals surface area contributed by atoms with E-state index < -0.39 is 0 Å². The van der Waals surface area contributed by atoms with Crippen LogP contribution in [-0.4, -0.2) is 16.1 Å². The quantitative estimate of drug-likeness (QED) is 0.785. The first kappa shape index (κ1) is 13.6. The first-order valence-electron chi connectivity index (χ1n) is 7.51. The zero-order valence-electron chi connectivity index (χ0n) is 11.9. The normalized spacial score (nSPS) is 24.3. The fraction of sp³-hybridized carbons (Fsp3) is 0.800. The number of aromatic nitrogens is 2. The molecule has 102 valence electrons. The van der Waals surface area contributed by atoms with Gasteiger partial charge in [-0.05, 0) is 31.2 Å². The molecule has 0 amide bonds. The van der Waals surface area contributed by atoms with E-state index in [-0.39, 0.29) is 0 Å². The summed E-state index contributed by atoms with van der Waals surface area (Å²) in [5.74, 6) is 1.72. The highest BCUT2D eigenvalue weighted by Crippen LogP contribution is 2.30. The highest BCUT2D eigenvalue weighted by atomic mass is 15.1. The molecule has 2 unspecified atom stereocenters. The lowest BCUT2D eigenvalue weighted by molar-refractivity contribution is 0.226. The fourth-order valence-electron chi connectivity index (χ4n) is 2.97. The van der Waals surface area contributed by atoms with E-state index in [0.29, 0.717) is 0 Å². The molecule has 1 heterocycles. The molecule has 1 aromatic rings. The van der Waals surface area contributed by atoms with E-state index in [4.69, 9.17) is 0 Å². The molecule has 0 aliphatic heterocycles. The maximum atomic E-state index is 4.31. The van der Waals surface area contributed by atoms with Gasteiger partial charge in [0, 0.05) is 19.3 Å². The van der Waals surface area contributed by atoms with Crippen molar-refractivity contribution in [2.45, 2.75) is 59.0 Å². The van der Waals surface area contributed by atoms with Crippen LogP contribution >= 0.6 is 0 Å². The molecule has 0 bridgehead atoms. The van der Waals surface area contributed by atoms with Crippen LogP contribution in [0.15, 0.2) is 12.5 Å². The van der Waals surface area contributed by atoms with Crippen LogP contribution in [0.3, 0.4) is 0 Å². The van der Waals surface area contributed by atoms with Crippen molar-refractivity contribution in [3.8, 4) is 0 Å². The Morgan fingerprint density at radius 2 is 2.22 bits per heavy atom. The summed E-state index contributed by atoms with van der Waals surface area (Å²) in [5, 5.41) is 3.47. The van der Waals surface area contributed by atoms with E-state index in [0.717, 1.165) is 31.5 Å². The van der Waals surface area contributed by atoms with Crippen molar-refractivity contribution < 1.29 is 0 Å². The van der Waals surface area contributed by atoms with Gasteiger partial charge >= 0.3 is 0 Å². The monoisotopic (exact) mass is 249 g/mol. The molecule has 1 fully saturated rings. The second-order valence-corrected chi connectivity index (χ2v) is 5.74. The topological polar surface area (TPSA) is 29.9 Å². The van der Waals surface area contributed by atoms with Crippen LogP contribution in [-0.2, 0) is 13.1 Å². The predicted molar refractivity (Wildman–Crippen MR) is 75.3 cm³/mol. The van der Waals surface area contributed by atoms with Crippen LogP contribution in [0.2, 0.25) is 0 Å². The minimum atomic E-state index is 0.845. The standard InChI is InChI=1S/C15H27N3/c1-3-8-16-9-15-10-17-12-18(15)11-14-7-5-4-6-13(14)2/h10,12-14,16H,3-9,11H2,1-2H3. The van der Waals surface area contributed by atoms with E-state index in [1.165, 1.54) is 37.8 Å². The van der Waals surface area contributed by atoms with Crippen molar-refractivity contribution in [2.24, 2.45) is 11.8 Å².